The van der Waals surface area contributed by atoms with Gasteiger partial charge in [0.2, 0.25) is 0 Å². The molecule has 0 atom stereocenters. The first-order valence-corrected chi connectivity index (χ1v) is 5.44. The Kier molecular flexibility index (Phi) is 3.32. The topological polar surface area (TPSA) is 64.2 Å². The third-order valence-electron chi connectivity index (χ3n) is 2.65. The summed E-state index contributed by atoms with van der Waals surface area (Å²) in [7, 11) is 2.96. The standard InChI is InChI=1S/C13H14N2O3/c1-8-6-9(4-5-11(8)17-2)12-14-7-10(15-12)13(16)18-3/h4-7H,1-3H3,(H,14,15). The van der Waals surface area contributed by atoms with E-state index in [2.05, 4.69) is 14.7 Å². The molecule has 0 unspecified atom stereocenters. The predicted octanol–water partition coefficient (Wildman–Crippen LogP) is 2.18. The van der Waals surface area contributed by atoms with Gasteiger partial charge in [-0.25, -0.2) is 9.78 Å². The minimum atomic E-state index is -0.431. The summed E-state index contributed by atoms with van der Waals surface area (Å²) >= 11 is 0. The summed E-state index contributed by atoms with van der Waals surface area (Å²) in [4.78, 5) is 18.4. The number of H-pyrrole nitrogens is 1. The Balaban J connectivity index is 2.34. The molecular formula is C13H14N2O3. The Bertz CT molecular complexity index is 575. The van der Waals surface area contributed by atoms with Gasteiger partial charge >= 0.3 is 5.97 Å². The Morgan fingerprint density at radius 1 is 1.33 bits per heavy atom. The van der Waals surface area contributed by atoms with Crippen molar-refractivity contribution >= 4 is 5.97 Å². The smallest absolute Gasteiger partial charge is 0.356 e. The second-order valence-corrected chi connectivity index (χ2v) is 3.82. The fourth-order valence-electron chi connectivity index (χ4n) is 1.71. The van der Waals surface area contributed by atoms with Crippen LogP contribution >= 0.6 is 0 Å². The molecular weight excluding hydrogens is 232 g/mol. The van der Waals surface area contributed by atoms with E-state index in [-0.39, 0.29) is 0 Å². The number of aryl methyl sites for hydroxylation is 1. The van der Waals surface area contributed by atoms with E-state index in [9.17, 15) is 4.79 Å². The van der Waals surface area contributed by atoms with Gasteiger partial charge in [0.15, 0.2) is 0 Å². The molecule has 0 radical (unpaired) electrons. The van der Waals surface area contributed by atoms with Gasteiger partial charge in [0.1, 0.15) is 17.3 Å². The van der Waals surface area contributed by atoms with Crippen molar-refractivity contribution in [2.24, 2.45) is 0 Å². The molecule has 5 nitrogen and oxygen atoms in total. The van der Waals surface area contributed by atoms with Gasteiger partial charge in [0, 0.05) is 5.56 Å². The molecule has 5 heteroatoms. The number of carbonyl (C=O) groups is 1. The van der Waals surface area contributed by atoms with Crippen molar-refractivity contribution in [1.29, 1.82) is 0 Å². The van der Waals surface area contributed by atoms with Crippen LogP contribution in [0.3, 0.4) is 0 Å². The van der Waals surface area contributed by atoms with Crippen LogP contribution in [0.2, 0.25) is 0 Å². The zero-order chi connectivity index (χ0) is 13.1. The highest BCUT2D eigenvalue weighted by Gasteiger charge is 2.11. The number of benzene rings is 1. The normalized spacial score (nSPS) is 10.2. The Labute approximate surface area is 105 Å². The molecule has 0 bridgehead atoms. The van der Waals surface area contributed by atoms with Crippen LogP contribution < -0.4 is 4.74 Å². The molecule has 94 valence electrons. The van der Waals surface area contributed by atoms with Crippen LogP contribution in [0.15, 0.2) is 24.4 Å². The average molecular weight is 246 g/mol. The number of nitrogens with zero attached hydrogens (tertiary/aromatic N) is 1. The maximum Gasteiger partial charge on any atom is 0.356 e. The zero-order valence-corrected chi connectivity index (χ0v) is 10.5. The van der Waals surface area contributed by atoms with E-state index in [4.69, 9.17) is 4.74 Å². The molecule has 1 heterocycles. The lowest BCUT2D eigenvalue weighted by molar-refractivity contribution is 0.0595. The third-order valence-corrected chi connectivity index (χ3v) is 2.65. The second kappa shape index (κ2) is 4.91. The first-order chi connectivity index (χ1) is 8.65. The van der Waals surface area contributed by atoms with Crippen LogP contribution in [0.1, 0.15) is 16.1 Å². The van der Waals surface area contributed by atoms with Crippen molar-refractivity contribution in [1.82, 2.24) is 9.97 Å². The Morgan fingerprint density at radius 2 is 2.11 bits per heavy atom. The summed E-state index contributed by atoms with van der Waals surface area (Å²) in [6, 6.07) is 5.69. The summed E-state index contributed by atoms with van der Waals surface area (Å²) in [5, 5.41) is 0. The van der Waals surface area contributed by atoms with Crippen molar-refractivity contribution in [3.8, 4) is 17.1 Å². The van der Waals surface area contributed by atoms with Gasteiger partial charge in [-0.15, -0.1) is 0 Å². The monoisotopic (exact) mass is 246 g/mol. The van der Waals surface area contributed by atoms with E-state index in [0.717, 1.165) is 16.9 Å². The molecule has 2 aromatic rings. The first-order valence-electron chi connectivity index (χ1n) is 5.44. The lowest BCUT2D eigenvalue weighted by Crippen LogP contribution is -2.00. The van der Waals surface area contributed by atoms with E-state index in [1.807, 2.05) is 25.1 Å². The quantitative estimate of drug-likeness (QED) is 0.843. The number of ether oxygens (including phenoxy) is 2. The van der Waals surface area contributed by atoms with Crippen LogP contribution in [-0.2, 0) is 4.74 Å². The molecule has 1 aromatic heterocycles. The summed E-state index contributed by atoms with van der Waals surface area (Å²) in [5.41, 5.74) is 2.23. The van der Waals surface area contributed by atoms with Gasteiger partial charge in [-0.05, 0) is 30.7 Å². The second-order valence-electron chi connectivity index (χ2n) is 3.82. The number of imidazole rings is 1. The molecule has 0 saturated carbocycles. The lowest BCUT2D eigenvalue weighted by Gasteiger charge is -2.05. The van der Waals surface area contributed by atoms with Gasteiger partial charge < -0.3 is 14.5 Å². The van der Waals surface area contributed by atoms with Gasteiger partial charge in [-0.2, -0.15) is 0 Å². The minimum Gasteiger partial charge on any atom is -0.496 e. The predicted molar refractivity (Wildman–Crippen MR) is 66.7 cm³/mol. The summed E-state index contributed by atoms with van der Waals surface area (Å²) < 4.78 is 9.81. The minimum absolute atomic E-state index is 0.334. The Hall–Kier alpha value is -2.30. The highest BCUT2D eigenvalue weighted by molar-refractivity contribution is 5.87. The number of aromatic amines is 1. The third kappa shape index (κ3) is 2.20. The first kappa shape index (κ1) is 12.2. The molecule has 0 aliphatic carbocycles. The maximum absolute atomic E-state index is 11.3. The van der Waals surface area contributed by atoms with Gasteiger partial charge in [0.25, 0.3) is 0 Å². The number of esters is 1. The fourth-order valence-corrected chi connectivity index (χ4v) is 1.71. The molecule has 0 fully saturated rings. The molecule has 1 aromatic carbocycles. The van der Waals surface area contributed by atoms with Crippen molar-refractivity contribution < 1.29 is 14.3 Å². The zero-order valence-electron chi connectivity index (χ0n) is 10.5. The fraction of sp³-hybridized carbons (Fsp3) is 0.231. The maximum atomic E-state index is 11.3. The van der Waals surface area contributed by atoms with Crippen molar-refractivity contribution in [3.63, 3.8) is 0 Å². The summed E-state index contributed by atoms with van der Waals surface area (Å²) in [6.45, 7) is 1.95. The number of hydrogen-bond donors (Lipinski definition) is 1. The number of aromatic nitrogens is 2. The Morgan fingerprint density at radius 3 is 2.72 bits per heavy atom. The number of rotatable bonds is 3. The van der Waals surface area contributed by atoms with Crippen LogP contribution in [0.5, 0.6) is 5.75 Å². The van der Waals surface area contributed by atoms with E-state index in [1.165, 1.54) is 13.3 Å². The van der Waals surface area contributed by atoms with E-state index < -0.39 is 5.97 Å². The molecule has 0 aliphatic rings. The summed E-state index contributed by atoms with van der Waals surface area (Å²) in [6.07, 6.45) is 1.46. The summed E-state index contributed by atoms with van der Waals surface area (Å²) in [5.74, 6) is 1.01. The van der Waals surface area contributed by atoms with E-state index in [1.54, 1.807) is 7.11 Å². The highest BCUT2D eigenvalue weighted by Crippen LogP contribution is 2.24. The molecule has 0 saturated heterocycles. The molecule has 2 rings (SSSR count). The van der Waals surface area contributed by atoms with E-state index >= 15 is 0 Å². The van der Waals surface area contributed by atoms with Crippen molar-refractivity contribution in [2.75, 3.05) is 14.2 Å². The van der Waals surface area contributed by atoms with Crippen LogP contribution in [0.25, 0.3) is 11.4 Å². The number of methoxy groups -OCH3 is 2. The van der Waals surface area contributed by atoms with Crippen LogP contribution in [0.4, 0.5) is 0 Å². The van der Waals surface area contributed by atoms with Crippen molar-refractivity contribution in [3.05, 3.63) is 35.7 Å². The van der Waals surface area contributed by atoms with Gasteiger partial charge in [0.05, 0.1) is 20.4 Å². The van der Waals surface area contributed by atoms with E-state index in [0.29, 0.717) is 11.5 Å². The van der Waals surface area contributed by atoms with Crippen LogP contribution in [0, 0.1) is 6.92 Å². The molecule has 1 N–H and O–H groups in total. The highest BCUT2D eigenvalue weighted by atomic mass is 16.5. The molecule has 0 spiro atoms. The molecule has 0 aliphatic heterocycles. The van der Waals surface area contributed by atoms with Crippen LogP contribution in [-0.4, -0.2) is 30.2 Å². The average Bonchev–Trinajstić information content (AvgIpc) is 2.87. The SMILES string of the molecule is COC(=O)c1cnc(-c2ccc(OC)c(C)c2)[nH]1. The number of nitrogens with one attached hydrogen (secondary N) is 1. The largest absolute Gasteiger partial charge is 0.496 e. The van der Waals surface area contributed by atoms with Gasteiger partial charge in [-0.1, -0.05) is 0 Å². The molecule has 0 amide bonds. The molecule has 18 heavy (non-hydrogen) atoms. The number of hydrogen-bond acceptors (Lipinski definition) is 4. The number of carbonyl (C=O) groups excluding carboxylic acids is 1. The van der Waals surface area contributed by atoms with Crippen molar-refractivity contribution in [2.45, 2.75) is 6.92 Å². The lowest BCUT2D eigenvalue weighted by atomic mass is 10.1. The van der Waals surface area contributed by atoms with Gasteiger partial charge in [-0.3, -0.25) is 0 Å².